The molecule has 0 unspecified atom stereocenters. The van der Waals surface area contributed by atoms with Crippen LogP contribution in [0.3, 0.4) is 0 Å². The maximum Gasteiger partial charge on any atom is 0.338 e. The summed E-state index contributed by atoms with van der Waals surface area (Å²) in [6.45, 7) is 2.12. The second-order valence-corrected chi connectivity index (χ2v) is 4.65. The fourth-order valence-corrected chi connectivity index (χ4v) is 2.44. The first-order valence-corrected chi connectivity index (χ1v) is 6.53. The minimum Gasteiger partial charge on any atom is -0.462 e. The van der Waals surface area contributed by atoms with Crippen molar-refractivity contribution in [2.75, 3.05) is 6.61 Å². The van der Waals surface area contributed by atoms with Gasteiger partial charge in [0, 0.05) is 11.5 Å². The fourth-order valence-electron chi connectivity index (χ4n) is 2.44. The van der Waals surface area contributed by atoms with Crippen molar-refractivity contribution >= 4 is 11.8 Å². The Hall–Kier alpha value is -1.64. The summed E-state index contributed by atoms with van der Waals surface area (Å²) in [5, 5.41) is 0. The second-order valence-electron chi connectivity index (χ2n) is 4.65. The lowest BCUT2D eigenvalue weighted by molar-refractivity contribution is 0.0526. The molecule has 1 saturated carbocycles. The first-order valence-electron chi connectivity index (χ1n) is 6.53. The van der Waals surface area contributed by atoms with Crippen LogP contribution in [0.2, 0.25) is 0 Å². The molecule has 1 aromatic carbocycles. The van der Waals surface area contributed by atoms with Gasteiger partial charge in [0.25, 0.3) is 0 Å². The highest BCUT2D eigenvalue weighted by Gasteiger charge is 2.24. The number of carbonyl (C=O) groups excluding carboxylic acids is 2. The van der Waals surface area contributed by atoms with Gasteiger partial charge in [0.15, 0.2) is 5.78 Å². The van der Waals surface area contributed by atoms with Crippen molar-refractivity contribution in [1.29, 1.82) is 0 Å². The molecule has 3 heteroatoms. The number of ether oxygens (including phenoxy) is 1. The molecule has 0 aliphatic heterocycles. The summed E-state index contributed by atoms with van der Waals surface area (Å²) in [5.74, 6) is -0.0559. The lowest BCUT2D eigenvalue weighted by Gasteiger charge is -2.09. The highest BCUT2D eigenvalue weighted by molar-refractivity contribution is 6.00. The minimum atomic E-state index is -0.362. The molecular weight excluding hydrogens is 228 g/mol. The van der Waals surface area contributed by atoms with Gasteiger partial charge in [-0.25, -0.2) is 4.79 Å². The lowest BCUT2D eigenvalue weighted by atomic mass is 9.95. The Balaban J connectivity index is 2.16. The van der Waals surface area contributed by atoms with Crippen LogP contribution in [-0.4, -0.2) is 18.4 Å². The maximum absolute atomic E-state index is 12.2. The minimum absolute atomic E-state index is 0.141. The first-order chi connectivity index (χ1) is 8.72. The highest BCUT2D eigenvalue weighted by Crippen LogP contribution is 2.28. The third kappa shape index (κ3) is 2.78. The standard InChI is InChI=1S/C15H18O3/c1-2-18-15(17)13-9-5-8-12(10-13)14(16)11-6-3-4-7-11/h5,8-11H,2-4,6-7H2,1H3. The molecular formula is C15H18O3. The van der Waals surface area contributed by atoms with Crippen molar-refractivity contribution in [3.63, 3.8) is 0 Å². The van der Waals surface area contributed by atoms with Gasteiger partial charge in [-0.2, -0.15) is 0 Å². The summed E-state index contributed by atoms with van der Waals surface area (Å²) in [6.07, 6.45) is 4.22. The molecule has 0 aromatic heterocycles. The Labute approximate surface area is 107 Å². The SMILES string of the molecule is CCOC(=O)c1cccc(C(=O)C2CCCC2)c1. The van der Waals surface area contributed by atoms with E-state index >= 15 is 0 Å². The Morgan fingerprint density at radius 3 is 2.56 bits per heavy atom. The van der Waals surface area contributed by atoms with Crippen molar-refractivity contribution in [1.82, 2.24) is 0 Å². The van der Waals surface area contributed by atoms with Gasteiger partial charge in [0.1, 0.15) is 0 Å². The molecule has 3 nitrogen and oxygen atoms in total. The van der Waals surface area contributed by atoms with Gasteiger partial charge in [-0.3, -0.25) is 4.79 Å². The molecule has 0 atom stereocenters. The molecule has 18 heavy (non-hydrogen) atoms. The molecule has 0 spiro atoms. The third-order valence-electron chi connectivity index (χ3n) is 3.38. The van der Waals surface area contributed by atoms with E-state index in [1.165, 1.54) is 0 Å². The van der Waals surface area contributed by atoms with E-state index in [-0.39, 0.29) is 17.7 Å². The van der Waals surface area contributed by atoms with Crippen molar-refractivity contribution in [2.24, 2.45) is 5.92 Å². The average Bonchev–Trinajstić information content (AvgIpc) is 2.92. The zero-order valence-corrected chi connectivity index (χ0v) is 10.6. The molecule has 1 aliphatic carbocycles. The summed E-state index contributed by atoms with van der Waals surface area (Å²) in [5.41, 5.74) is 1.09. The van der Waals surface area contributed by atoms with Crippen LogP contribution < -0.4 is 0 Å². The van der Waals surface area contributed by atoms with Crippen LogP contribution in [0.1, 0.15) is 53.3 Å². The van der Waals surface area contributed by atoms with E-state index in [0.29, 0.717) is 17.7 Å². The van der Waals surface area contributed by atoms with E-state index < -0.39 is 0 Å². The third-order valence-corrected chi connectivity index (χ3v) is 3.38. The smallest absolute Gasteiger partial charge is 0.338 e. The Morgan fingerprint density at radius 2 is 1.89 bits per heavy atom. The predicted octanol–water partition coefficient (Wildman–Crippen LogP) is 3.24. The number of benzene rings is 1. The monoisotopic (exact) mass is 246 g/mol. The van der Waals surface area contributed by atoms with Crippen LogP contribution in [0.4, 0.5) is 0 Å². The summed E-state index contributed by atoms with van der Waals surface area (Å²) < 4.78 is 4.94. The molecule has 1 fully saturated rings. The number of rotatable bonds is 4. The van der Waals surface area contributed by atoms with Gasteiger partial charge in [0.2, 0.25) is 0 Å². The van der Waals surface area contributed by atoms with Crippen LogP contribution in [-0.2, 0) is 4.74 Å². The molecule has 0 bridgehead atoms. The Morgan fingerprint density at radius 1 is 1.22 bits per heavy atom. The van der Waals surface area contributed by atoms with Crippen molar-refractivity contribution < 1.29 is 14.3 Å². The number of esters is 1. The lowest BCUT2D eigenvalue weighted by Crippen LogP contribution is -2.12. The normalized spacial score (nSPS) is 15.6. The van der Waals surface area contributed by atoms with E-state index in [0.717, 1.165) is 25.7 Å². The predicted molar refractivity (Wildman–Crippen MR) is 68.7 cm³/mol. The molecule has 0 N–H and O–H groups in total. The zero-order chi connectivity index (χ0) is 13.0. The summed E-state index contributed by atoms with van der Waals surface area (Å²) in [6, 6.07) is 6.86. The van der Waals surface area contributed by atoms with Gasteiger partial charge in [0.05, 0.1) is 12.2 Å². The number of Topliss-reactive ketones (excluding diaryl/α,β-unsaturated/α-hetero) is 1. The van der Waals surface area contributed by atoms with Gasteiger partial charge in [-0.05, 0) is 31.9 Å². The van der Waals surface area contributed by atoms with Crippen LogP contribution in [0.5, 0.6) is 0 Å². The summed E-state index contributed by atoms with van der Waals surface area (Å²) in [7, 11) is 0. The average molecular weight is 246 g/mol. The Bertz CT molecular complexity index is 445. The van der Waals surface area contributed by atoms with E-state index in [9.17, 15) is 9.59 Å². The van der Waals surface area contributed by atoms with Gasteiger partial charge < -0.3 is 4.74 Å². The second kappa shape index (κ2) is 5.80. The molecule has 1 aromatic rings. The number of carbonyl (C=O) groups is 2. The van der Waals surface area contributed by atoms with Crippen LogP contribution >= 0.6 is 0 Å². The number of hydrogen-bond acceptors (Lipinski definition) is 3. The molecule has 2 rings (SSSR count). The van der Waals surface area contributed by atoms with Crippen molar-refractivity contribution in [3.05, 3.63) is 35.4 Å². The van der Waals surface area contributed by atoms with Crippen molar-refractivity contribution in [2.45, 2.75) is 32.6 Å². The van der Waals surface area contributed by atoms with E-state index in [1.54, 1.807) is 31.2 Å². The van der Waals surface area contributed by atoms with Gasteiger partial charge in [-0.1, -0.05) is 25.0 Å². The van der Waals surface area contributed by atoms with E-state index in [2.05, 4.69) is 0 Å². The van der Waals surface area contributed by atoms with Crippen LogP contribution in [0, 0.1) is 5.92 Å². The largest absolute Gasteiger partial charge is 0.462 e. The quantitative estimate of drug-likeness (QED) is 0.605. The number of ketones is 1. The molecule has 96 valence electrons. The van der Waals surface area contributed by atoms with Gasteiger partial charge >= 0.3 is 5.97 Å². The van der Waals surface area contributed by atoms with Crippen LogP contribution in [0.15, 0.2) is 24.3 Å². The summed E-state index contributed by atoms with van der Waals surface area (Å²) >= 11 is 0. The maximum atomic E-state index is 12.2. The fraction of sp³-hybridized carbons (Fsp3) is 0.467. The molecule has 0 saturated heterocycles. The molecule has 0 radical (unpaired) electrons. The number of hydrogen-bond donors (Lipinski definition) is 0. The first kappa shape index (κ1) is 12.8. The highest BCUT2D eigenvalue weighted by atomic mass is 16.5. The van der Waals surface area contributed by atoms with Gasteiger partial charge in [-0.15, -0.1) is 0 Å². The van der Waals surface area contributed by atoms with Crippen molar-refractivity contribution in [3.8, 4) is 0 Å². The van der Waals surface area contributed by atoms with Crippen LogP contribution in [0.25, 0.3) is 0 Å². The van der Waals surface area contributed by atoms with E-state index in [1.807, 2.05) is 0 Å². The molecule has 0 heterocycles. The zero-order valence-electron chi connectivity index (χ0n) is 10.6. The van der Waals surface area contributed by atoms with E-state index in [4.69, 9.17) is 4.74 Å². The molecule has 1 aliphatic rings. The topological polar surface area (TPSA) is 43.4 Å². The Kier molecular flexibility index (Phi) is 4.13. The summed E-state index contributed by atoms with van der Waals surface area (Å²) in [4.78, 5) is 23.8. The molecule has 0 amide bonds.